The van der Waals surface area contributed by atoms with Crippen molar-refractivity contribution in [2.45, 2.75) is 44.8 Å². The molecule has 4 rings (SSSR count). The summed E-state index contributed by atoms with van der Waals surface area (Å²) in [4.78, 5) is 49.5. The molecule has 27 heavy (non-hydrogen) atoms. The minimum absolute atomic E-state index is 0. The van der Waals surface area contributed by atoms with E-state index in [1.807, 2.05) is 12.1 Å². The molecule has 1 atom stereocenters. The van der Waals surface area contributed by atoms with Crippen molar-refractivity contribution in [1.82, 2.24) is 20.9 Å². The number of carbonyl (C=O) groups is 4. The van der Waals surface area contributed by atoms with Crippen LogP contribution in [-0.2, 0) is 22.7 Å². The predicted molar refractivity (Wildman–Crippen MR) is 102 cm³/mol. The molecule has 2 heterocycles. The molecule has 5 amide bonds. The van der Waals surface area contributed by atoms with Crippen LogP contribution in [0.1, 0.15) is 51.4 Å². The van der Waals surface area contributed by atoms with Gasteiger partial charge < -0.3 is 15.5 Å². The van der Waals surface area contributed by atoms with Gasteiger partial charge in [0.25, 0.3) is 5.91 Å². The monoisotopic (exact) mass is 376 g/mol. The minimum Gasteiger partial charge on any atom is -0.338 e. The van der Waals surface area contributed by atoms with Crippen LogP contribution >= 0.6 is 0 Å². The Labute approximate surface area is 161 Å². The Morgan fingerprint density at radius 2 is 2.00 bits per heavy atom. The average molecular weight is 376 g/mol. The van der Waals surface area contributed by atoms with E-state index in [1.165, 1.54) is 17.7 Å². The summed E-state index contributed by atoms with van der Waals surface area (Å²) in [5.74, 6) is -0.304. The van der Waals surface area contributed by atoms with Crippen molar-refractivity contribution in [3.05, 3.63) is 34.9 Å². The summed E-state index contributed by atoms with van der Waals surface area (Å²) in [7, 11) is 0. The number of piperidine rings is 1. The zero-order valence-corrected chi connectivity index (χ0v) is 14.9. The van der Waals surface area contributed by atoms with Gasteiger partial charge in [0.05, 0.1) is 0 Å². The number of hydrogen-bond donors (Lipinski definition) is 3. The van der Waals surface area contributed by atoms with E-state index in [0.717, 1.165) is 11.1 Å². The molecule has 148 valence electrons. The maximum atomic E-state index is 12.8. The fourth-order valence-electron chi connectivity index (χ4n) is 3.52. The van der Waals surface area contributed by atoms with E-state index in [2.05, 4.69) is 16.0 Å². The SMILES string of the molecule is O=C1CCC(N2Cc3ccc(CNC(=O)NCC4CC4)cc3C2=O)C(=O)N1.[HH].[HH].[HH]. The number of nitrogens with zero attached hydrogens (tertiary/aromatic N) is 1. The lowest BCUT2D eigenvalue weighted by atomic mass is 10.0. The second-order valence-corrected chi connectivity index (χ2v) is 7.40. The van der Waals surface area contributed by atoms with Crippen LogP contribution in [0, 0.1) is 5.92 Å². The van der Waals surface area contributed by atoms with Crippen molar-refractivity contribution < 1.29 is 23.5 Å². The Morgan fingerprint density at radius 3 is 2.74 bits per heavy atom. The molecule has 1 unspecified atom stereocenters. The van der Waals surface area contributed by atoms with Gasteiger partial charge in [-0.05, 0) is 42.4 Å². The molecule has 0 aromatic heterocycles. The molecule has 0 bridgehead atoms. The molecule has 1 saturated heterocycles. The van der Waals surface area contributed by atoms with Crippen LogP contribution in [0.3, 0.4) is 0 Å². The lowest BCUT2D eigenvalue weighted by Gasteiger charge is -2.29. The Bertz CT molecular complexity index is 832. The average Bonchev–Trinajstić information content (AvgIpc) is 3.42. The summed E-state index contributed by atoms with van der Waals surface area (Å²) in [6, 6.07) is 4.68. The minimum atomic E-state index is -0.614. The van der Waals surface area contributed by atoms with Crippen LogP contribution in [0.15, 0.2) is 18.2 Å². The van der Waals surface area contributed by atoms with Crippen LogP contribution in [0.25, 0.3) is 0 Å². The predicted octanol–water partition coefficient (Wildman–Crippen LogP) is 1.39. The van der Waals surface area contributed by atoms with E-state index in [-0.39, 0.29) is 28.5 Å². The quantitative estimate of drug-likeness (QED) is 0.675. The normalized spacial score (nSPS) is 21.7. The Kier molecular flexibility index (Phi) is 4.55. The van der Waals surface area contributed by atoms with Crippen LogP contribution in [0.4, 0.5) is 4.79 Å². The zero-order valence-electron chi connectivity index (χ0n) is 14.9. The molecule has 2 fully saturated rings. The molecule has 1 aromatic carbocycles. The highest BCUT2D eigenvalue weighted by Crippen LogP contribution is 2.28. The van der Waals surface area contributed by atoms with E-state index in [1.54, 1.807) is 6.07 Å². The molecule has 0 radical (unpaired) electrons. The summed E-state index contributed by atoms with van der Waals surface area (Å²) in [5.41, 5.74) is 2.23. The highest BCUT2D eigenvalue weighted by molar-refractivity contribution is 6.05. The molecule has 1 aromatic rings. The summed E-state index contributed by atoms with van der Waals surface area (Å²) < 4.78 is 0. The number of hydrogen-bond acceptors (Lipinski definition) is 4. The molecule has 8 heteroatoms. The van der Waals surface area contributed by atoms with Crippen molar-refractivity contribution >= 4 is 23.8 Å². The number of amides is 5. The highest BCUT2D eigenvalue weighted by Gasteiger charge is 2.39. The third-order valence-electron chi connectivity index (χ3n) is 5.29. The number of benzene rings is 1. The fourth-order valence-corrected chi connectivity index (χ4v) is 3.52. The molecule has 3 aliphatic rings. The first-order valence-electron chi connectivity index (χ1n) is 9.29. The first-order chi connectivity index (χ1) is 13.0. The number of fused-ring (bicyclic) bond motifs is 1. The van der Waals surface area contributed by atoms with Crippen molar-refractivity contribution in [1.29, 1.82) is 0 Å². The topological polar surface area (TPSA) is 108 Å². The van der Waals surface area contributed by atoms with Crippen LogP contribution in [-0.4, -0.2) is 41.2 Å². The van der Waals surface area contributed by atoms with Gasteiger partial charge >= 0.3 is 6.03 Å². The molecule has 8 nitrogen and oxygen atoms in total. The standard InChI is InChI=1S/C19H22N4O4.3H2/c24-16-6-5-15(17(25)22-16)23-10-13-4-3-12(7-14(13)18(23)26)9-21-19(27)20-8-11-1-2-11;;;/h3-4,7,11,15H,1-2,5-6,8-10H2,(H2,20,21,27)(H,22,24,25);3*1H. The molecule has 3 N–H and O–H groups in total. The first-order valence-corrected chi connectivity index (χ1v) is 9.29. The largest absolute Gasteiger partial charge is 0.338 e. The van der Waals surface area contributed by atoms with Crippen LogP contribution in [0.2, 0.25) is 0 Å². The second kappa shape index (κ2) is 7.02. The van der Waals surface area contributed by atoms with Crippen molar-refractivity contribution in [3.8, 4) is 0 Å². The van der Waals surface area contributed by atoms with Gasteiger partial charge in [0, 0.05) is 35.9 Å². The summed E-state index contributed by atoms with van der Waals surface area (Å²) in [5, 5.41) is 7.93. The lowest BCUT2D eigenvalue weighted by molar-refractivity contribution is -0.136. The summed E-state index contributed by atoms with van der Waals surface area (Å²) in [6.45, 7) is 1.39. The fraction of sp³-hybridized carbons (Fsp3) is 0.474. The van der Waals surface area contributed by atoms with E-state index >= 15 is 0 Å². The van der Waals surface area contributed by atoms with Gasteiger partial charge in [-0.3, -0.25) is 19.7 Å². The number of urea groups is 1. The lowest BCUT2D eigenvalue weighted by Crippen LogP contribution is -2.52. The molecule has 2 aliphatic heterocycles. The molecular weight excluding hydrogens is 348 g/mol. The number of carbonyl (C=O) groups excluding carboxylic acids is 4. The van der Waals surface area contributed by atoms with E-state index in [0.29, 0.717) is 37.5 Å². The Morgan fingerprint density at radius 1 is 1.19 bits per heavy atom. The summed E-state index contributed by atoms with van der Waals surface area (Å²) >= 11 is 0. The van der Waals surface area contributed by atoms with Crippen LogP contribution in [0.5, 0.6) is 0 Å². The van der Waals surface area contributed by atoms with Crippen LogP contribution < -0.4 is 16.0 Å². The van der Waals surface area contributed by atoms with Gasteiger partial charge in [-0.15, -0.1) is 0 Å². The zero-order chi connectivity index (χ0) is 19.0. The number of nitrogens with one attached hydrogen (secondary N) is 3. The highest BCUT2D eigenvalue weighted by atomic mass is 16.2. The van der Waals surface area contributed by atoms with Crippen molar-refractivity contribution in [3.63, 3.8) is 0 Å². The third-order valence-corrected chi connectivity index (χ3v) is 5.29. The number of rotatable bonds is 5. The van der Waals surface area contributed by atoms with Gasteiger partial charge in [0.15, 0.2) is 0 Å². The smallest absolute Gasteiger partial charge is 0.315 e. The van der Waals surface area contributed by atoms with Crippen molar-refractivity contribution in [2.24, 2.45) is 5.92 Å². The van der Waals surface area contributed by atoms with Gasteiger partial charge in [0.1, 0.15) is 6.04 Å². The Balaban J connectivity index is 0.00000150. The maximum absolute atomic E-state index is 12.8. The summed E-state index contributed by atoms with van der Waals surface area (Å²) in [6.07, 6.45) is 2.94. The molecule has 0 spiro atoms. The molecular formula is C19H28N4O4. The van der Waals surface area contributed by atoms with E-state index in [4.69, 9.17) is 0 Å². The Hall–Kier alpha value is -2.90. The molecule has 1 saturated carbocycles. The maximum Gasteiger partial charge on any atom is 0.315 e. The van der Waals surface area contributed by atoms with E-state index < -0.39 is 11.9 Å². The van der Waals surface area contributed by atoms with Crippen molar-refractivity contribution in [2.75, 3.05) is 6.54 Å². The first kappa shape index (κ1) is 17.5. The third kappa shape index (κ3) is 3.79. The number of imide groups is 1. The van der Waals surface area contributed by atoms with Gasteiger partial charge in [0.2, 0.25) is 11.8 Å². The van der Waals surface area contributed by atoms with Gasteiger partial charge in [-0.2, -0.15) is 0 Å². The molecule has 1 aliphatic carbocycles. The van der Waals surface area contributed by atoms with Gasteiger partial charge in [-0.25, -0.2) is 4.79 Å². The second-order valence-electron chi connectivity index (χ2n) is 7.40. The van der Waals surface area contributed by atoms with Gasteiger partial charge in [-0.1, -0.05) is 12.1 Å². The van der Waals surface area contributed by atoms with E-state index in [9.17, 15) is 19.2 Å².